The molecule has 3 aromatic rings. The lowest BCUT2D eigenvalue weighted by molar-refractivity contribution is -0.120. The fraction of sp³-hybridized carbons (Fsp3) is 0.211. The number of fused-ring (bicyclic) bond motifs is 1. The quantitative estimate of drug-likeness (QED) is 0.743. The van der Waals surface area contributed by atoms with Crippen LogP contribution in [-0.2, 0) is 4.79 Å². The summed E-state index contributed by atoms with van der Waals surface area (Å²) >= 11 is 1.66. The van der Waals surface area contributed by atoms with Crippen LogP contribution in [0.2, 0.25) is 0 Å². The molecule has 2 aromatic carbocycles. The maximum atomic E-state index is 12.4. The van der Waals surface area contributed by atoms with Crippen LogP contribution in [0.25, 0.3) is 10.2 Å². The van der Waals surface area contributed by atoms with E-state index in [9.17, 15) is 9.59 Å². The van der Waals surface area contributed by atoms with Gasteiger partial charge in [0.25, 0.3) is 0 Å². The minimum Gasteiger partial charge on any atom is -0.366 e. The molecule has 1 aliphatic rings. The normalized spacial score (nSPS) is 14.3. The lowest BCUT2D eigenvalue weighted by Gasteiger charge is -2.37. The number of benzene rings is 2. The molecule has 0 unspecified atom stereocenters. The summed E-state index contributed by atoms with van der Waals surface area (Å²) < 4.78 is 1.17. The van der Waals surface area contributed by atoms with E-state index in [2.05, 4.69) is 34.3 Å². The molecule has 2 heterocycles. The molecular formula is C19H18N4O2S. The van der Waals surface area contributed by atoms with Gasteiger partial charge < -0.3 is 16.0 Å². The van der Waals surface area contributed by atoms with Crippen LogP contribution < -0.4 is 16.0 Å². The Kier molecular flexibility index (Phi) is 4.08. The first-order valence-corrected chi connectivity index (χ1v) is 9.14. The lowest BCUT2D eigenvalue weighted by atomic mass is 10.00. The molecule has 3 N–H and O–H groups in total. The molecule has 0 atom stereocenters. The highest BCUT2D eigenvalue weighted by molar-refractivity contribution is 7.22. The largest absolute Gasteiger partial charge is 0.366 e. The number of aryl methyl sites for hydroxylation is 1. The number of nitrogens with zero attached hydrogens (tertiary/aromatic N) is 2. The van der Waals surface area contributed by atoms with E-state index < -0.39 is 5.91 Å². The number of rotatable bonds is 4. The maximum absolute atomic E-state index is 12.4. The van der Waals surface area contributed by atoms with Crippen molar-refractivity contribution in [3.8, 4) is 0 Å². The van der Waals surface area contributed by atoms with Crippen molar-refractivity contribution in [3.05, 3.63) is 53.6 Å². The van der Waals surface area contributed by atoms with E-state index in [1.807, 2.05) is 6.07 Å². The number of amides is 2. The van der Waals surface area contributed by atoms with E-state index in [0.717, 1.165) is 10.6 Å². The smallest absolute Gasteiger partial charge is 0.248 e. The van der Waals surface area contributed by atoms with Gasteiger partial charge in [-0.15, -0.1) is 0 Å². The SMILES string of the molecule is Cc1ccc2nc(N3CC(C(=O)Nc4ccc(C(N)=O)cc4)C3)sc2c1. The fourth-order valence-corrected chi connectivity index (χ4v) is 4.00. The summed E-state index contributed by atoms with van der Waals surface area (Å²) in [4.78, 5) is 30.2. The number of nitrogens with two attached hydrogens (primary N) is 1. The Morgan fingerprint density at radius 2 is 1.92 bits per heavy atom. The number of hydrogen-bond acceptors (Lipinski definition) is 5. The Morgan fingerprint density at radius 1 is 1.19 bits per heavy atom. The van der Waals surface area contributed by atoms with Gasteiger partial charge >= 0.3 is 0 Å². The highest BCUT2D eigenvalue weighted by Gasteiger charge is 2.34. The number of thiazole rings is 1. The predicted octanol–water partition coefficient (Wildman–Crippen LogP) is 2.78. The summed E-state index contributed by atoms with van der Waals surface area (Å²) in [5.74, 6) is -0.576. The van der Waals surface area contributed by atoms with E-state index in [1.54, 1.807) is 35.6 Å². The Balaban J connectivity index is 1.37. The molecule has 0 spiro atoms. The summed E-state index contributed by atoms with van der Waals surface area (Å²) in [6.45, 7) is 3.38. The number of primary amides is 1. The van der Waals surface area contributed by atoms with E-state index >= 15 is 0 Å². The zero-order valence-electron chi connectivity index (χ0n) is 14.2. The van der Waals surface area contributed by atoms with E-state index in [0.29, 0.717) is 24.3 Å². The van der Waals surface area contributed by atoms with Gasteiger partial charge in [-0.1, -0.05) is 17.4 Å². The van der Waals surface area contributed by atoms with Gasteiger partial charge in [-0.3, -0.25) is 9.59 Å². The number of hydrogen-bond donors (Lipinski definition) is 2. The first-order chi connectivity index (χ1) is 12.5. The van der Waals surface area contributed by atoms with Gasteiger partial charge in [-0.05, 0) is 48.9 Å². The zero-order valence-corrected chi connectivity index (χ0v) is 15.0. The van der Waals surface area contributed by atoms with Crippen molar-refractivity contribution in [2.75, 3.05) is 23.3 Å². The van der Waals surface area contributed by atoms with Crippen LogP contribution in [0.4, 0.5) is 10.8 Å². The molecule has 132 valence electrons. The number of nitrogens with one attached hydrogen (secondary N) is 1. The van der Waals surface area contributed by atoms with Crippen LogP contribution in [0.15, 0.2) is 42.5 Å². The minimum atomic E-state index is -0.483. The number of aromatic nitrogens is 1. The monoisotopic (exact) mass is 366 g/mol. The zero-order chi connectivity index (χ0) is 18.3. The molecule has 26 heavy (non-hydrogen) atoms. The summed E-state index contributed by atoms with van der Waals surface area (Å²) in [6.07, 6.45) is 0. The Hall–Kier alpha value is -2.93. The number of anilines is 2. The third-order valence-corrected chi connectivity index (χ3v) is 5.57. The fourth-order valence-electron chi connectivity index (χ4n) is 2.92. The molecule has 0 aliphatic carbocycles. The molecule has 1 aromatic heterocycles. The van der Waals surface area contributed by atoms with Crippen molar-refractivity contribution in [1.82, 2.24) is 4.98 Å². The van der Waals surface area contributed by atoms with Crippen molar-refractivity contribution in [2.45, 2.75) is 6.92 Å². The van der Waals surface area contributed by atoms with Gasteiger partial charge in [0.2, 0.25) is 11.8 Å². The maximum Gasteiger partial charge on any atom is 0.248 e. The first kappa shape index (κ1) is 16.5. The van der Waals surface area contributed by atoms with Crippen molar-refractivity contribution >= 4 is 44.2 Å². The third-order valence-electron chi connectivity index (χ3n) is 4.49. The standard InChI is InChI=1S/C19H18N4O2S/c1-11-2-7-15-16(8-11)26-19(22-15)23-9-13(10-23)18(25)21-14-5-3-12(4-6-14)17(20)24/h2-8,13H,9-10H2,1H3,(H2,20,24)(H,21,25). The van der Waals surface area contributed by atoms with Crippen molar-refractivity contribution in [1.29, 1.82) is 0 Å². The Labute approximate surface area is 154 Å². The van der Waals surface area contributed by atoms with Crippen molar-refractivity contribution in [2.24, 2.45) is 11.7 Å². The average Bonchev–Trinajstić information content (AvgIpc) is 2.96. The van der Waals surface area contributed by atoms with Crippen molar-refractivity contribution < 1.29 is 9.59 Å². The molecule has 0 radical (unpaired) electrons. The van der Waals surface area contributed by atoms with Crippen LogP contribution in [0.5, 0.6) is 0 Å². The molecular weight excluding hydrogens is 348 g/mol. The van der Waals surface area contributed by atoms with E-state index in [4.69, 9.17) is 5.73 Å². The molecule has 1 saturated heterocycles. The van der Waals surface area contributed by atoms with Gasteiger partial charge in [0.1, 0.15) is 0 Å². The van der Waals surface area contributed by atoms with Gasteiger partial charge in [0, 0.05) is 24.3 Å². The van der Waals surface area contributed by atoms with Crippen LogP contribution in [0.3, 0.4) is 0 Å². The van der Waals surface area contributed by atoms with E-state index in [-0.39, 0.29) is 11.8 Å². The highest BCUT2D eigenvalue weighted by atomic mass is 32.1. The summed E-state index contributed by atoms with van der Waals surface area (Å²) in [5, 5.41) is 3.84. The second-order valence-electron chi connectivity index (χ2n) is 6.50. The topological polar surface area (TPSA) is 88.3 Å². The van der Waals surface area contributed by atoms with E-state index in [1.165, 1.54) is 10.3 Å². The van der Waals surface area contributed by atoms with Crippen LogP contribution in [0, 0.1) is 12.8 Å². The molecule has 1 aliphatic heterocycles. The molecule has 0 bridgehead atoms. The van der Waals surface area contributed by atoms with Crippen LogP contribution in [-0.4, -0.2) is 29.9 Å². The van der Waals surface area contributed by atoms with Crippen molar-refractivity contribution in [3.63, 3.8) is 0 Å². The van der Waals surface area contributed by atoms with Gasteiger partial charge in [-0.25, -0.2) is 4.98 Å². The second kappa shape index (κ2) is 6.42. The molecule has 1 fully saturated rings. The highest BCUT2D eigenvalue weighted by Crippen LogP contribution is 2.33. The predicted molar refractivity (Wildman–Crippen MR) is 104 cm³/mol. The average molecular weight is 366 g/mol. The molecule has 6 nitrogen and oxygen atoms in total. The first-order valence-electron chi connectivity index (χ1n) is 8.32. The Morgan fingerprint density at radius 3 is 2.62 bits per heavy atom. The third kappa shape index (κ3) is 3.13. The molecule has 2 amide bonds. The molecule has 4 rings (SSSR count). The van der Waals surface area contributed by atoms with Crippen LogP contribution in [0.1, 0.15) is 15.9 Å². The summed E-state index contributed by atoms with van der Waals surface area (Å²) in [5.41, 5.74) is 8.51. The molecule has 7 heteroatoms. The van der Waals surface area contributed by atoms with Gasteiger partial charge in [0.15, 0.2) is 5.13 Å². The van der Waals surface area contributed by atoms with Crippen LogP contribution >= 0.6 is 11.3 Å². The molecule has 0 saturated carbocycles. The van der Waals surface area contributed by atoms with Gasteiger partial charge in [-0.2, -0.15) is 0 Å². The number of carbonyl (C=O) groups is 2. The minimum absolute atomic E-state index is 0.0231. The second-order valence-corrected chi connectivity index (χ2v) is 7.51. The summed E-state index contributed by atoms with van der Waals surface area (Å²) in [7, 11) is 0. The summed E-state index contributed by atoms with van der Waals surface area (Å²) in [6, 6.07) is 12.8. The lowest BCUT2D eigenvalue weighted by Crippen LogP contribution is -2.52. The Bertz CT molecular complexity index is 990. The number of carbonyl (C=O) groups excluding carboxylic acids is 2. The van der Waals surface area contributed by atoms with Gasteiger partial charge in [0.05, 0.1) is 16.1 Å².